The van der Waals surface area contributed by atoms with Crippen molar-refractivity contribution in [3.63, 3.8) is 0 Å². The Labute approximate surface area is 212 Å². The molecule has 3 aromatic rings. The molecule has 35 heavy (non-hydrogen) atoms. The van der Waals surface area contributed by atoms with Crippen LogP contribution in [0.4, 0.5) is 5.69 Å². The molecule has 0 aliphatic rings. The molecule has 0 fully saturated rings. The Morgan fingerprint density at radius 3 is 2.26 bits per heavy atom. The van der Waals surface area contributed by atoms with E-state index in [0.29, 0.717) is 29.3 Å². The summed E-state index contributed by atoms with van der Waals surface area (Å²) >= 11 is 5.29. The van der Waals surface area contributed by atoms with E-state index in [1.165, 1.54) is 0 Å². The van der Waals surface area contributed by atoms with E-state index in [1.807, 2.05) is 37.3 Å². The minimum Gasteiger partial charge on any atom is -0.494 e. The highest BCUT2D eigenvalue weighted by atomic mass is 32.1. The monoisotopic (exact) mass is 489 g/mol. The van der Waals surface area contributed by atoms with Crippen LogP contribution < -0.4 is 20.7 Å². The predicted octanol–water partition coefficient (Wildman–Crippen LogP) is 5.73. The smallest absolute Gasteiger partial charge is 0.257 e. The van der Waals surface area contributed by atoms with Crippen LogP contribution >= 0.6 is 12.2 Å². The molecule has 0 bridgehead atoms. The summed E-state index contributed by atoms with van der Waals surface area (Å²) in [5.74, 6) is 0.763. The summed E-state index contributed by atoms with van der Waals surface area (Å²) in [6.07, 6.45) is 0.969. The van der Waals surface area contributed by atoms with Crippen LogP contribution in [0.1, 0.15) is 59.5 Å². The summed E-state index contributed by atoms with van der Waals surface area (Å²) in [4.78, 5) is 25.3. The summed E-state index contributed by atoms with van der Waals surface area (Å²) in [7, 11) is 0. The second-order valence-electron chi connectivity index (χ2n) is 8.65. The topological polar surface area (TPSA) is 79.5 Å². The van der Waals surface area contributed by atoms with Crippen molar-refractivity contribution in [2.45, 2.75) is 33.2 Å². The molecule has 0 aromatic heterocycles. The van der Waals surface area contributed by atoms with Gasteiger partial charge >= 0.3 is 0 Å². The average Bonchev–Trinajstić information content (AvgIpc) is 2.84. The third kappa shape index (κ3) is 8.22. The SMILES string of the molecule is CC(C)CCOc1ccc(C(=O)NC(=S)Nc2cccc(C(=O)NC(C)c3ccccc3)c2)cc1. The molecular weight excluding hydrogens is 458 g/mol. The van der Waals surface area contributed by atoms with Gasteiger partial charge in [-0.1, -0.05) is 50.2 Å². The lowest BCUT2D eigenvalue weighted by molar-refractivity contribution is 0.0938. The number of anilines is 1. The standard InChI is InChI=1S/C28H31N3O3S/c1-19(2)16-17-34-25-14-12-22(13-15-25)26(32)31-28(35)30-24-11-7-10-23(18-24)27(33)29-20(3)21-8-5-4-6-9-21/h4-15,18-20H,16-17H2,1-3H3,(H,29,33)(H2,30,31,32,35). The molecule has 3 rings (SSSR count). The van der Waals surface area contributed by atoms with Gasteiger partial charge in [0.05, 0.1) is 12.6 Å². The Balaban J connectivity index is 1.53. The van der Waals surface area contributed by atoms with Gasteiger partial charge in [0.25, 0.3) is 11.8 Å². The number of thiocarbonyl (C=S) groups is 1. The summed E-state index contributed by atoms with van der Waals surface area (Å²) < 4.78 is 5.69. The second-order valence-corrected chi connectivity index (χ2v) is 9.06. The van der Waals surface area contributed by atoms with E-state index in [0.717, 1.165) is 17.7 Å². The lowest BCUT2D eigenvalue weighted by Gasteiger charge is -2.15. The number of hydrogen-bond donors (Lipinski definition) is 3. The number of amides is 2. The highest BCUT2D eigenvalue weighted by Crippen LogP contribution is 2.16. The summed E-state index contributed by atoms with van der Waals surface area (Å²) in [5.41, 5.74) is 2.58. The molecule has 3 N–H and O–H groups in total. The van der Waals surface area contributed by atoms with Gasteiger partial charge < -0.3 is 15.4 Å². The largest absolute Gasteiger partial charge is 0.494 e. The molecule has 0 saturated carbocycles. The van der Waals surface area contributed by atoms with Gasteiger partial charge in [-0.3, -0.25) is 14.9 Å². The van der Waals surface area contributed by atoms with Crippen LogP contribution in [0, 0.1) is 5.92 Å². The van der Waals surface area contributed by atoms with Crippen molar-refractivity contribution in [1.29, 1.82) is 0 Å². The van der Waals surface area contributed by atoms with Crippen molar-refractivity contribution in [3.8, 4) is 5.75 Å². The fourth-order valence-corrected chi connectivity index (χ4v) is 3.51. The quantitative estimate of drug-likeness (QED) is 0.335. The first-order valence-corrected chi connectivity index (χ1v) is 12.0. The van der Waals surface area contributed by atoms with Crippen LogP contribution in [-0.4, -0.2) is 23.5 Å². The molecule has 2 amide bonds. The van der Waals surface area contributed by atoms with E-state index >= 15 is 0 Å². The summed E-state index contributed by atoms with van der Waals surface area (Å²) in [6, 6.07) is 23.5. The van der Waals surface area contributed by atoms with Gasteiger partial charge in [0.1, 0.15) is 5.75 Å². The highest BCUT2D eigenvalue weighted by molar-refractivity contribution is 7.80. The van der Waals surface area contributed by atoms with Gasteiger partial charge in [0, 0.05) is 16.8 Å². The maximum atomic E-state index is 12.7. The fraction of sp³-hybridized carbons (Fsp3) is 0.250. The zero-order chi connectivity index (χ0) is 25.2. The van der Waals surface area contributed by atoms with E-state index < -0.39 is 0 Å². The number of rotatable bonds is 9. The molecule has 3 aromatic carbocycles. The Hall–Kier alpha value is -3.71. The number of carbonyl (C=O) groups excluding carboxylic acids is 2. The first-order chi connectivity index (χ1) is 16.8. The molecule has 1 unspecified atom stereocenters. The first kappa shape index (κ1) is 25.9. The Morgan fingerprint density at radius 2 is 1.57 bits per heavy atom. The third-order valence-corrected chi connectivity index (χ3v) is 5.54. The molecule has 182 valence electrons. The maximum absolute atomic E-state index is 12.7. The molecule has 7 heteroatoms. The predicted molar refractivity (Wildman–Crippen MR) is 144 cm³/mol. The summed E-state index contributed by atoms with van der Waals surface area (Å²) in [5, 5.41) is 8.76. The van der Waals surface area contributed by atoms with Crippen LogP contribution in [0.2, 0.25) is 0 Å². The van der Waals surface area contributed by atoms with Gasteiger partial charge in [-0.25, -0.2) is 0 Å². The van der Waals surface area contributed by atoms with Gasteiger partial charge in [-0.15, -0.1) is 0 Å². The Bertz CT molecular complexity index is 1150. The third-order valence-electron chi connectivity index (χ3n) is 5.34. The molecule has 0 spiro atoms. The van der Waals surface area contributed by atoms with Gasteiger partial charge in [-0.2, -0.15) is 0 Å². The molecule has 1 atom stereocenters. The average molecular weight is 490 g/mol. The summed E-state index contributed by atoms with van der Waals surface area (Å²) in [6.45, 7) is 6.86. The van der Waals surface area contributed by atoms with E-state index in [2.05, 4.69) is 29.8 Å². The van der Waals surface area contributed by atoms with Gasteiger partial charge in [-0.05, 0) is 79.5 Å². The lowest BCUT2D eigenvalue weighted by Crippen LogP contribution is -2.34. The lowest BCUT2D eigenvalue weighted by atomic mass is 10.1. The van der Waals surface area contributed by atoms with E-state index in [9.17, 15) is 9.59 Å². The minimum atomic E-state index is -0.332. The zero-order valence-corrected chi connectivity index (χ0v) is 21.0. The van der Waals surface area contributed by atoms with Gasteiger partial charge in [0.15, 0.2) is 5.11 Å². The fourth-order valence-electron chi connectivity index (χ4n) is 3.30. The minimum absolute atomic E-state index is 0.132. The van der Waals surface area contributed by atoms with Crippen molar-refractivity contribution in [3.05, 3.63) is 95.6 Å². The van der Waals surface area contributed by atoms with Crippen molar-refractivity contribution in [2.75, 3.05) is 11.9 Å². The van der Waals surface area contributed by atoms with Crippen LogP contribution in [0.5, 0.6) is 5.75 Å². The normalized spacial score (nSPS) is 11.4. The number of ether oxygens (including phenoxy) is 1. The van der Waals surface area contributed by atoms with Crippen molar-refractivity contribution < 1.29 is 14.3 Å². The van der Waals surface area contributed by atoms with Crippen LogP contribution in [0.25, 0.3) is 0 Å². The molecular formula is C28H31N3O3S. The second kappa shape index (κ2) is 12.7. The molecule has 0 radical (unpaired) electrons. The van der Waals surface area contributed by atoms with Crippen molar-refractivity contribution >= 4 is 34.8 Å². The molecule has 0 heterocycles. The van der Waals surface area contributed by atoms with E-state index in [-0.39, 0.29) is 23.0 Å². The van der Waals surface area contributed by atoms with Crippen LogP contribution in [0.15, 0.2) is 78.9 Å². The molecule has 0 saturated heterocycles. The van der Waals surface area contributed by atoms with Crippen LogP contribution in [0.3, 0.4) is 0 Å². The van der Waals surface area contributed by atoms with Gasteiger partial charge in [0.2, 0.25) is 0 Å². The molecule has 0 aliphatic heterocycles. The van der Waals surface area contributed by atoms with Crippen molar-refractivity contribution in [1.82, 2.24) is 10.6 Å². The van der Waals surface area contributed by atoms with Crippen LogP contribution in [-0.2, 0) is 0 Å². The zero-order valence-electron chi connectivity index (χ0n) is 20.2. The maximum Gasteiger partial charge on any atom is 0.257 e. The van der Waals surface area contributed by atoms with Crippen molar-refractivity contribution in [2.24, 2.45) is 5.92 Å². The molecule has 6 nitrogen and oxygen atoms in total. The number of carbonyl (C=O) groups is 2. The number of nitrogens with one attached hydrogen (secondary N) is 3. The number of hydrogen-bond acceptors (Lipinski definition) is 4. The van der Waals surface area contributed by atoms with E-state index in [4.69, 9.17) is 17.0 Å². The first-order valence-electron chi connectivity index (χ1n) is 11.6. The van der Waals surface area contributed by atoms with E-state index in [1.54, 1.807) is 48.5 Å². The highest BCUT2D eigenvalue weighted by Gasteiger charge is 2.13. The Morgan fingerprint density at radius 1 is 0.857 bits per heavy atom. The molecule has 0 aliphatic carbocycles. The number of benzene rings is 3. The Kier molecular flexibility index (Phi) is 9.38.